The van der Waals surface area contributed by atoms with Crippen molar-refractivity contribution < 1.29 is 9.53 Å². The summed E-state index contributed by atoms with van der Waals surface area (Å²) in [6.45, 7) is 0. The molecule has 3 rings (SSSR count). The molecule has 0 saturated heterocycles. The van der Waals surface area contributed by atoms with Gasteiger partial charge in [-0.3, -0.25) is 4.79 Å². The van der Waals surface area contributed by atoms with E-state index in [4.69, 9.17) is 4.74 Å². The van der Waals surface area contributed by atoms with Gasteiger partial charge in [0.05, 0.1) is 12.1 Å². The summed E-state index contributed by atoms with van der Waals surface area (Å²) in [4.78, 5) is 12.2. The molecule has 2 atom stereocenters. The van der Waals surface area contributed by atoms with Crippen LogP contribution in [-0.4, -0.2) is 19.2 Å². The highest BCUT2D eigenvalue weighted by atomic mass is 16.5. The molecule has 2 aromatic carbocycles. The van der Waals surface area contributed by atoms with Gasteiger partial charge in [0.1, 0.15) is 5.60 Å². The number of rotatable bonds is 5. The smallest absolute Gasteiger partial charge is 0.246 e. The molecular weight excluding hydrogens is 276 g/mol. The number of carbonyl (C=O) groups excluding carboxylic acids is 1. The van der Waals surface area contributed by atoms with Gasteiger partial charge in [-0.05, 0) is 17.5 Å². The topological polar surface area (TPSA) is 50.7 Å². The van der Waals surface area contributed by atoms with Crippen molar-refractivity contribution in [3.05, 3.63) is 71.8 Å². The molecule has 1 saturated carbocycles. The fourth-order valence-electron chi connectivity index (χ4n) is 2.72. The van der Waals surface area contributed by atoms with Crippen LogP contribution in [0.15, 0.2) is 65.8 Å². The first-order valence-corrected chi connectivity index (χ1v) is 7.25. The Hall–Kier alpha value is -2.46. The molecule has 0 unspecified atom stereocenters. The summed E-state index contributed by atoms with van der Waals surface area (Å²) in [6, 6.07) is 19.5. The fourth-order valence-corrected chi connectivity index (χ4v) is 2.72. The van der Waals surface area contributed by atoms with Crippen molar-refractivity contribution in [3.8, 4) is 0 Å². The third kappa shape index (κ3) is 2.78. The lowest BCUT2D eigenvalue weighted by molar-refractivity contribution is -0.124. The molecule has 1 aliphatic carbocycles. The van der Waals surface area contributed by atoms with Gasteiger partial charge in [-0.2, -0.15) is 5.10 Å². The third-order valence-electron chi connectivity index (χ3n) is 4.04. The van der Waals surface area contributed by atoms with Gasteiger partial charge in [-0.1, -0.05) is 60.7 Å². The van der Waals surface area contributed by atoms with E-state index in [0.717, 1.165) is 11.1 Å². The largest absolute Gasteiger partial charge is 0.373 e. The molecule has 1 aliphatic rings. The predicted molar refractivity (Wildman–Crippen MR) is 85.4 cm³/mol. The zero-order valence-electron chi connectivity index (χ0n) is 12.4. The maximum atomic E-state index is 12.2. The Balaban J connectivity index is 1.64. The first kappa shape index (κ1) is 14.5. The minimum absolute atomic E-state index is 0.113. The van der Waals surface area contributed by atoms with Crippen molar-refractivity contribution >= 4 is 12.1 Å². The van der Waals surface area contributed by atoms with E-state index in [2.05, 4.69) is 10.5 Å². The van der Waals surface area contributed by atoms with Crippen LogP contribution in [-0.2, 0) is 15.1 Å². The molecule has 1 amide bonds. The third-order valence-corrected chi connectivity index (χ3v) is 4.04. The summed E-state index contributed by atoms with van der Waals surface area (Å²) in [5.41, 5.74) is 4.07. The number of hydrogen-bond acceptors (Lipinski definition) is 3. The molecule has 0 bridgehead atoms. The SMILES string of the molecule is CO[C@@]1(c2ccccc2)C[C@H]1C(=O)N/N=C\c1ccccc1. The van der Waals surface area contributed by atoms with E-state index >= 15 is 0 Å². The van der Waals surface area contributed by atoms with Crippen LogP contribution in [0, 0.1) is 5.92 Å². The standard InChI is InChI=1S/C18H18N2O2/c1-22-18(15-10-6-3-7-11-15)12-16(18)17(21)20-19-13-14-8-4-2-5-9-14/h2-11,13,16H,12H2,1H3,(H,20,21)/b19-13-/t16-,18+/m0/s1. The second kappa shape index (κ2) is 6.12. The zero-order valence-corrected chi connectivity index (χ0v) is 12.4. The average molecular weight is 294 g/mol. The van der Waals surface area contributed by atoms with Crippen molar-refractivity contribution in [2.45, 2.75) is 12.0 Å². The summed E-state index contributed by atoms with van der Waals surface area (Å²) < 4.78 is 5.62. The molecule has 2 aromatic rings. The van der Waals surface area contributed by atoms with Crippen LogP contribution in [0.5, 0.6) is 0 Å². The summed E-state index contributed by atoms with van der Waals surface area (Å²) >= 11 is 0. The van der Waals surface area contributed by atoms with Gasteiger partial charge in [0.2, 0.25) is 5.91 Å². The van der Waals surface area contributed by atoms with Gasteiger partial charge >= 0.3 is 0 Å². The van der Waals surface area contributed by atoms with Crippen LogP contribution in [0.3, 0.4) is 0 Å². The fraction of sp³-hybridized carbons (Fsp3) is 0.222. The van der Waals surface area contributed by atoms with Crippen molar-refractivity contribution in [3.63, 3.8) is 0 Å². The molecule has 0 spiro atoms. The summed E-state index contributed by atoms with van der Waals surface area (Å²) in [7, 11) is 1.65. The van der Waals surface area contributed by atoms with E-state index in [0.29, 0.717) is 6.42 Å². The second-order valence-corrected chi connectivity index (χ2v) is 5.36. The normalized spacial score (nSPS) is 23.4. The van der Waals surface area contributed by atoms with Gasteiger partial charge in [-0.25, -0.2) is 5.43 Å². The Morgan fingerprint density at radius 1 is 1.18 bits per heavy atom. The van der Waals surface area contributed by atoms with Gasteiger partial charge in [0.15, 0.2) is 0 Å². The molecule has 0 aromatic heterocycles. The van der Waals surface area contributed by atoms with Gasteiger partial charge in [0, 0.05) is 7.11 Å². The lowest BCUT2D eigenvalue weighted by Crippen LogP contribution is -2.25. The lowest BCUT2D eigenvalue weighted by Gasteiger charge is -2.15. The molecule has 1 fully saturated rings. The van der Waals surface area contributed by atoms with E-state index in [9.17, 15) is 4.79 Å². The Kier molecular flexibility index (Phi) is 4.02. The van der Waals surface area contributed by atoms with Gasteiger partial charge < -0.3 is 4.74 Å². The summed E-state index contributed by atoms with van der Waals surface area (Å²) in [5.74, 6) is -0.314. The molecule has 22 heavy (non-hydrogen) atoms. The minimum Gasteiger partial charge on any atom is -0.373 e. The van der Waals surface area contributed by atoms with Crippen LogP contribution >= 0.6 is 0 Å². The van der Waals surface area contributed by atoms with E-state index in [1.165, 1.54) is 0 Å². The molecule has 112 valence electrons. The number of benzene rings is 2. The van der Waals surface area contributed by atoms with Crippen molar-refractivity contribution in [2.75, 3.05) is 7.11 Å². The maximum Gasteiger partial charge on any atom is 0.246 e. The van der Waals surface area contributed by atoms with E-state index in [1.807, 2.05) is 60.7 Å². The minimum atomic E-state index is -0.506. The Morgan fingerprint density at radius 3 is 2.45 bits per heavy atom. The number of hydrazone groups is 1. The molecule has 4 heteroatoms. The Bertz CT molecular complexity index is 670. The summed E-state index contributed by atoms with van der Waals surface area (Å²) in [6.07, 6.45) is 2.32. The first-order valence-electron chi connectivity index (χ1n) is 7.25. The predicted octanol–water partition coefficient (Wildman–Crippen LogP) is 2.70. The number of amides is 1. The molecule has 0 aliphatic heterocycles. The number of nitrogens with one attached hydrogen (secondary N) is 1. The molecule has 0 radical (unpaired) electrons. The van der Waals surface area contributed by atoms with E-state index < -0.39 is 5.60 Å². The lowest BCUT2D eigenvalue weighted by atomic mass is 10.1. The highest BCUT2D eigenvalue weighted by Gasteiger charge is 2.60. The quantitative estimate of drug-likeness (QED) is 0.681. The van der Waals surface area contributed by atoms with Gasteiger partial charge in [-0.15, -0.1) is 0 Å². The monoisotopic (exact) mass is 294 g/mol. The maximum absolute atomic E-state index is 12.2. The average Bonchev–Trinajstić information content (AvgIpc) is 3.33. The Labute approximate surface area is 129 Å². The highest BCUT2D eigenvalue weighted by Crippen LogP contribution is 2.54. The molecule has 4 nitrogen and oxygen atoms in total. The Morgan fingerprint density at radius 2 is 1.82 bits per heavy atom. The van der Waals surface area contributed by atoms with Crippen molar-refractivity contribution in [1.82, 2.24) is 5.43 Å². The molecule has 0 heterocycles. The van der Waals surface area contributed by atoms with Gasteiger partial charge in [0.25, 0.3) is 0 Å². The van der Waals surface area contributed by atoms with E-state index in [1.54, 1.807) is 13.3 Å². The van der Waals surface area contributed by atoms with Crippen LogP contribution in [0.25, 0.3) is 0 Å². The molecular formula is C18H18N2O2. The van der Waals surface area contributed by atoms with Crippen LogP contribution in [0.1, 0.15) is 17.5 Å². The van der Waals surface area contributed by atoms with Crippen LogP contribution in [0.4, 0.5) is 0 Å². The first-order chi connectivity index (χ1) is 10.8. The number of methoxy groups -OCH3 is 1. The molecule has 1 N–H and O–H groups in total. The highest BCUT2D eigenvalue weighted by molar-refractivity contribution is 5.86. The number of nitrogens with zero attached hydrogens (tertiary/aromatic N) is 1. The zero-order chi connectivity index (χ0) is 15.4. The number of hydrogen-bond donors (Lipinski definition) is 1. The number of ether oxygens (including phenoxy) is 1. The van der Waals surface area contributed by atoms with Crippen LogP contribution < -0.4 is 5.43 Å². The number of carbonyl (C=O) groups is 1. The second-order valence-electron chi connectivity index (χ2n) is 5.36. The van der Waals surface area contributed by atoms with Crippen molar-refractivity contribution in [1.29, 1.82) is 0 Å². The van der Waals surface area contributed by atoms with Crippen molar-refractivity contribution in [2.24, 2.45) is 11.0 Å². The summed E-state index contributed by atoms with van der Waals surface area (Å²) in [5, 5.41) is 4.02. The van der Waals surface area contributed by atoms with E-state index in [-0.39, 0.29) is 11.8 Å². The van der Waals surface area contributed by atoms with Crippen LogP contribution in [0.2, 0.25) is 0 Å².